The lowest BCUT2D eigenvalue weighted by Crippen LogP contribution is -2.01. The molecule has 0 aliphatic heterocycles. The number of aromatic hydroxyl groups is 2. The molecule has 3 heterocycles. The van der Waals surface area contributed by atoms with Crippen molar-refractivity contribution in [1.29, 1.82) is 0 Å². The fourth-order valence-electron chi connectivity index (χ4n) is 9.56. The summed E-state index contributed by atoms with van der Waals surface area (Å²) in [6.45, 7) is 5.90. The van der Waals surface area contributed by atoms with Crippen LogP contribution < -0.4 is 9.47 Å². The van der Waals surface area contributed by atoms with Gasteiger partial charge in [0, 0.05) is 41.8 Å². The molecule has 0 bridgehead atoms. The van der Waals surface area contributed by atoms with E-state index in [1.54, 1.807) is 34.8 Å². The number of thiophene rings is 2. The maximum atomic E-state index is 10.4. The second-order valence-corrected chi connectivity index (χ2v) is 21.5. The van der Waals surface area contributed by atoms with Gasteiger partial charge >= 0.3 is 0 Å². The van der Waals surface area contributed by atoms with Gasteiger partial charge in [-0.1, -0.05) is 190 Å². The normalized spacial score (nSPS) is 11.4. The van der Waals surface area contributed by atoms with Crippen molar-refractivity contribution in [2.24, 2.45) is 0 Å². The van der Waals surface area contributed by atoms with Gasteiger partial charge in [-0.2, -0.15) is 0 Å². The minimum absolute atomic E-state index is 0.240. The highest BCUT2D eigenvalue weighted by atomic mass is 32.1. The molecule has 2 N–H and O–H groups in total. The van der Waals surface area contributed by atoms with Crippen molar-refractivity contribution in [1.82, 2.24) is 9.97 Å². The monoisotopic (exact) mass is 999 g/mol. The highest BCUT2D eigenvalue weighted by Crippen LogP contribution is 2.45. The van der Waals surface area contributed by atoms with Crippen LogP contribution in [0.3, 0.4) is 0 Å². The van der Waals surface area contributed by atoms with Crippen LogP contribution in [0.15, 0.2) is 133 Å². The predicted octanol–water partition coefficient (Wildman–Crippen LogP) is 19.8. The molecule has 8 heteroatoms. The molecule has 8 aromatic rings. The molecule has 0 aliphatic carbocycles. The number of phenols is 2. The van der Waals surface area contributed by atoms with E-state index in [9.17, 15) is 10.2 Å². The van der Waals surface area contributed by atoms with Gasteiger partial charge in [0.25, 0.3) is 0 Å². The fraction of sp³-hybridized carbons (Fsp3) is 0.375. The summed E-state index contributed by atoms with van der Waals surface area (Å²) in [6.07, 6.45) is 25.6. The number of ether oxygens (including phenoxy) is 2. The van der Waals surface area contributed by atoms with Crippen molar-refractivity contribution < 1.29 is 19.7 Å². The van der Waals surface area contributed by atoms with Gasteiger partial charge in [-0.15, -0.1) is 22.7 Å². The van der Waals surface area contributed by atoms with Gasteiger partial charge in [0.15, 0.2) is 0 Å². The molecule has 8 rings (SSSR count). The molecule has 0 unspecified atom stereocenters. The van der Waals surface area contributed by atoms with Gasteiger partial charge < -0.3 is 19.7 Å². The zero-order chi connectivity index (χ0) is 49.7. The van der Waals surface area contributed by atoms with Crippen LogP contribution in [0.2, 0.25) is 0 Å². The maximum Gasteiger partial charge on any atom is 0.119 e. The lowest BCUT2D eigenvalue weighted by Gasteiger charge is -2.16. The van der Waals surface area contributed by atoms with Gasteiger partial charge in [0.05, 0.1) is 35.6 Å². The van der Waals surface area contributed by atoms with Gasteiger partial charge in [-0.25, -0.2) is 9.97 Å². The topological polar surface area (TPSA) is 84.7 Å². The number of rotatable bonds is 30. The van der Waals surface area contributed by atoms with Gasteiger partial charge in [-0.3, -0.25) is 0 Å². The molecular formula is C64H74N2O4S2. The summed E-state index contributed by atoms with van der Waals surface area (Å²) in [7, 11) is 0. The van der Waals surface area contributed by atoms with Crippen LogP contribution in [-0.2, 0) is 0 Å². The number of hydrogen-bond donors (Lipinski definition) is 2. The number of hydrogen-bond acceptors (Lipinski definition) is 8. The molecule has 3 aromatic heterocycles. The average molecular weight is 999 g/mol. The highest BCUT2D eigenvalue weighted by molar-refractivity contribution is 7.19. The summed E-state index contributed by atoms with van der Waals surface area (Å²) >= 11 is 3.35. The minimum atomic E-state index is 0.240. The Bertz CT molecular complexity index is 2720. The molecular weight excluding hydrogens is 925 g/mol. The largest absolute Gasteiger partial charge is 0.508 e. The van der Waals surface area contributed by atoms with E-state index < -0.39 is 0 Å². The molecule has 0 amide bonds. The molecule has 0 radical (unpaired) electrons. The van der Waals surface area contributed by atoms with Crippen LogP contribution in [0, 0.1) is 0 Å². The molecule has 0 saturated heterocycles. The van der Waals surface area contributed by atoms with Crippen molar-refractivity contribution >= 4 is 33.7 Å². The minimum Gasteiger partial charge on any atom is -0.508 e. The Kier molecular flexibility index (Phi) is 20.2. The van der Waals surface area contributed by atoms with E-state index in [0.717, 1.165) is 99.7 Å². The molecule has 72 heavy (non-hydrogen) atoms. The summed E-state index contributed by atoms with van der Waals surface area (Å²) in [4.78, 5) is 15.6. The van der Waals surface area contributed by atoms with E-state index in [4.69, 9.17) is 19.4 Å². The molecule has 0 spiro atoms. The first-order chi connectivity index (χ1) is 35.5. The summed E-state index contributed by atoms with van der Waals surface area (Å²) in [6, 6.07) is 44.5. The first-order valence-electron chi connectivity index (χ1n) is 27.1. The van der Waals surface area contributed by atoms with Crippen LogP contribution in [0.4, 0.5) is 0 Å². The maximum absolute atomic E-state index is 10.4. The number of fused-ring (bicyclic) bond motifs is 1. The molecule has 0 atom stereocenters. The second-order valence-electron chi connectivity index (χ2n) is 19.3. The van der Waals surface area contributed by atoms with E-state index in [-0.39, 0.29) is 11.5 Å². The zero-order valence-electron chi connectivity index (χ0n) is 42.7. The quantitative estimate of drug-likeness (QED) is 0.0437. The smallest absolute Gasteiger partial charge is 0.119 e. The van der Waals surface area contributed by atoms with Crippen LogP contribution in [0.5, 0.6) is 23.0 Å². The Hall–Kier alpha value is -5.96. The SMILES string of the molecule is CCCCCCCCCCCCOc1cccc(-c2nc3c(-c4ccc(-c5cccc(O)c5)s4)ccc(-c4ccc(-c5cccc(O)c5)s4)c3nc2-c2cccc(OCCCCCCCCCCCC)c2)c1. The van der Waals surface area contributed by atoms with Crippen molar-refractivity contribution in [2.45, 2.75) is 142 Å². The van der Waals surface area contributed by atoms with Crippen LogP contribution in [0.1, 0.15) is 142 Å². The summed E-state index contributed by atoms with van der Waals surface area (Å²) in [5.74, 6) is 2.13. The first-order valence-corrected chi connectivity index (χ1v) is 28.7. The first kappa shape index (κ1) is 52.4. The lowest BCUT2D eigenvalue weighted by molar-refractivity contribution is 0.304. The molecule has 0 fully saturated rings. The third-order valence-electron chi connectivity index (χ3n) is 13.6. The summed E-state index contributed by atoms with van der Waals surface area (Å²) in [5, 5.41) is 20.7. The third kappa shape index (κ3) is 14.8. The van der Waals surface area contributed by atoms with E-state index in [2.05, 4.69) is 98.8 Å². The third-order valence-corrected chi connectivity index (χ3v) is 15.9. The van der Waals surface area contributed by atoms with Gasteiger partial charge in [-0.05, 0) is 96.8 Å². The van der Waals surface area contributed by atoms with E-state index in [1.165, 1.54) is 116 Å². The Morgan fingerprint density at radius 2 is 0.708 bits per heavy atom. The molecule has 5 aromatic carbocycles. The second kappa shape index (κ2) is 27.8. The fourth-order valence-corrected chi connectivity index (χ4v) is 11.6. The van der Waals surface area contributed by atoms with Crippen molar-refractivity contribution in [3.8, 4) is 87.3 Å². The van der Waals surface area contributed by atoms with Crippen LogP contribution in [-0.4, -0.2) is 33.4 Å². The number of unbranched alkanes of at least 4 members (excludes halogenated alkanes) is 18. The Morgan fingerprint density at radius 1 is 0.361 bits per heavy atom. The van der Waals surface area contributed by atoms with Crippen LogP contribution in [0.25, 0.3) is 75.3 Å². The predicted molar refractivity (Wildman–Crippen MR) is 306 cm³/mol. The van der Waals surface area contributed by atoms with Crippen LogP contribution >= 0.6 is 22.7 Å². The lowest BCUT2D eigenvalue weighted by atomic mass is 10.00. The van der Waals surface area contributed by atoms with Crippen molar-refractivity contribution in [3.05, 3.63) is 133 Å². The van der Waals surface area contributed by atoms with Gasteiger partial charge in [0.2, 0.25) is 0 Å². The number of benzene rings is 5. The van der Waals surface area contributed by atoms with E-state index in [0.29, 0.717) is 13.2 Å². The number of nitrogens with zero attached hydrogens (tertiary/aromatic N) is 2. The average Bonchev–Trinajstić information content (AvgIpc) is 4.11. The number of phenolic OH excluding ortho intramolecular Hbond substituents is 2. The van der Waals surface area contributed by atoms with E-state index >= 15 is 0 Å². The molecule has 0 saturated carbocycles. The number of aromatic nitrogens is 2. The summed E-state index contributed by atoms with van der Waals surface area (Å²) < 4.78 is 12.9. The zero-order valence-corrected chi connectivity index (χ0v) is 44.3. The Morgan fingerprint density at radius 3 is 1.10 bits per heavy atom. The van der Waals surface area contributed by atoms with E-state index in [1.807, 2.05) is 36.4 Å². The van der Waals surface area contributed by atoms with Gasteiger partial charge in [0.1, 0.15) is 23.0 Å². The molecule has 0 aliphatic rings. The van der Waals surface area contributed by atoms with Crippen molar-refractivity contribution in [2.75, 3.05) is 13.2 Å². The summed E-state index contributed by atoms with van der Waals surface area (Å²) in [5.41, 5.74) is 8.90. The highest BCUT2D eigenvalue weighted by Gasteiger charge is 2.22. The van der Waals surface area contributed by atoms with Crippen molar-refractivity contribution in [3.63, 3.8) is 0 Å². The standard InChI is InChI=1S/C64H74N2O4S2/c1-3-5-7-9-11-13-15-17-19-21-41-69-53-33-25-29-49(45-53)61-62(50-30-26-34-54(46-50)70-42-22-20-18-16-14-12-10-8-6-4-2)66-64-56(60-40-38-58(72-60)48-28-24-32-52(68)44-48)36-35-55(63(64)65-61)59-39-37-57(71-59)47-27-23-31-51(67)43-47/h23-40,43-46,67-68H,3-22,41-42H2,1-2H3. The molecule has 6 nitrogen and oxygen atoms in total. The molecule has 376 valence electrons. The Balaban J connectivity index is 1.12. The Labute approximate surface area is 437 Å².